The Hall–Kier alpha value is -1.67. The summed E-state index contributed by atoms with van der Waals surface area (Å²) in [7, 11) is 0. The van der Waals surface area contributed by atoms with Crippen molar-refractivity contribution in [2.24, 2.45) is 5.41 Å². The third kappa shape index (κ3) is 4.42. The topological polar surface area (TPSA) is 64.7 Å². The van der Waals surface area contributed by atoms with Crippen molar-refractivity contribution in [1.82, 2.24) is 20.4 Å². The minimum atomic E-state index is -4.49. The Bertz CT molecular complexity index is 476. The number of hydrogen-bond donors (Lipinski definition) is 2. The summed E-state index contributed by atoms with van der Waals surface area (Å²) in [6.45, 7) is 6.32. The molecule has 2 heterocycles. The molecule has 0 aromatic rings. The van der Waals surface area contributed by atoms with Crippen LogP contribution in [0.4, 0.5) is 22.8 Å². The van der Waals surface area contributed by atoms with Gasteiger partial charge >= 0.3 is 18.2 Å². The van der Waals surface area contributed by atoms with E-state index in [2.05, 4.69) is 10.6 Å². The first-order valence-corrected chi connectivity index (χ1v) is 7.64. The Morgan fingerprint density at radius 2 is 2.00 bits per heavy atom. The second kappa shape index (κ2) is 6.09. The Morgan fingerprint density at radius 1 is 1.35 bits per heavy atom. The van der Waals surface area contributed by atoms with Crippen molar-refractivity contribution >= 4 is 12.1 Å². The summed E-state index contributed by atoms with van der Waals surface area (Å²) in [5, 5.41) is 4.78. The number of fused-ring (bicyclic) bond motifs is 1. The van der Waals surface area contributed by atoms with Crippen LogP contribution in [0.5, 0.6) is 0 Å². The number of halogens is 3. The van der Waals surface area contributed by atoms with Gasteiger partial charge in [0.2, 0.25) is 0 Å². The van der Waals surface area contributed by atoms with Gasteiger partial charge in [-0.1, -0.05) is 20.8 Å². The maximum atomic E-state index is 13.1. The fourth-order valence-corrected chi connectivity index (χ4v) is 2.89. The zero-order valence-electron chi connectivity index (χ0n) is 13.5. The first-order valence-electron chi connectivity index (χ1n) is 7.64. The smallest absolute Gasteiger partial charge is 0.336 e. The fourth-order valence-electron chi connectivity index (χ4n) is 2.89. The molecule has 23 heavy (non-hydrogen) atoms. The van der Waals surface area contributed by atoms with E-state index in [0.717, 1.165) is 0 Å². The summed E-state index contributed by atoms with van der Waals surface area (Å²) in [6.07, 6.45) is -4.68. The van der Waals surface area contributed by atoms with E-state index in [1.54, 1.807) is 25.7 Å². The molecule has 0 radical (unpaired) electrons. The van der Waals surface area contributed by atoms with Crippen molar-refractivity contribution in [2.45, 2.75) is 45.5 Å². The number of carbonyl (C=O) groups excluding carboxylic acids is 2. The molecule has 2 N–H and O–H groups in total. The third-order valence-corrected chi connectivity index (χ3v) is 4.03. The SMILES string of the molecule is CC(C)(C)CC(NC(=O)N1CCN2C(=O)NCC2C1)C(F)(F)F. The van der Waals surface area contributed by atoms with Crippen molar-refractivity contribution in [3.05, 3.63) is 0 Å². The van der Waals surface area contributed by atoms with Crippen LogP contribution in [0.2, 0.25) is 0 Å². The lowest BCUT2D eigenvalue weighted by molar-refractivity contribution is -0.159. The van der Waals surface area contributed by atoms with Crippen molar-refractivity contribution in [1.29, 1.82) is 0 Å². The largest absolute Gasteiger partial charge is 0.408 e. The highest BCUT2D eigenvalue weighted by atomic mass is 19.4. The van der Waals surface area contributed by atoms with Gasteiger partial charge in [-0.15, -0.1) is 0 Å². The van der Waals surface area contributed by atoms with E-state index in [1.165, 1.54) is 4.90 Å². The molecule has 2 aliphatic heterocycles. The van der Waals surface area contributed by atoms with Crippen LogP contribution in [0.1, 0.15) is 27.2 Å². The van der Waals surface area contributed by atoms with E-state index >= 15 is 0 Å². The van der Waals surface area contributed by atoms with Crippen LogP contribution in [0, 0.1) is 5.41 Å². The maximum absolute atomic E-state index is 13.1. The van der Waals surface area contributed by atoms with E-state index in [9.17, 15) is 22.8 Å². The summed E-state index contributed by atoms with van der Waals surface area (Å²) in [5.74, 6) is 0. The highest BCUT2D eigenvalue weighted by Crippen LogP contribution is 2.30. The highest BCUT2D eigenvalue weighted by Gasteiger charge is 2.44. The molecule has 6 nitrogen and oxygen atoms in total. The van der Waals surface area contributed by atoms with Gasteiger partial charge in [0.1, 0.15) is 6.04 Å². The van der Waals surface area contributed by atoms with Crippen molar-refractivity contribution in [3.8, 4) is 0 Å². The van der Waals surface area contributed by atoms with Gasteiger partial charge in [-0.2, -0.15) is 13.2 Å². The first kappa shape index (κ1) is 17.7. The number of rotatable bonds is 2. The number of hydrogen-bond acceptors (Lipinski definition) is 2. The summed E-state index contributed by atoms with van der Waals surface area (Å²) in [6, 6.07) is -2.96. The number of carbonyl (C=O) groups is 2. The van der Waals surface area contributed by atoms with Gasteiger partial charge in [-0.3, -0.25) is 0 Å². The predicted molar refractivity (Wildman–Crippen MR) is 77.9 cm³/mol. The van der Waals surface area contributed by atoms with E-state index in [0.29, 0.717) is 13.1 Å². The van der Waals surface area contributed by atoms with Crippen LogP contribution >= 0.6 is 0 Å². The van der Waals surface area contributed by atoms with E-state index in [-0.39, 0.29) is 31.6 Å². The minimum Gasteiger partial charge on any atom is -0.336 e. The molecule has 2 aliphatic rings. The lowest BCUT2D eigenvalue weighted by atomic mass is 9.88. The lowest BCUT2D eigenvalue weighted by Gasteiger charge is -2.37. The number of nitrogens with one attached hydrogen (secondary N) is 2. The average molecular weight is 336 g/mol. The summed E-state index contributed by atoms with van der Waals surface area (Å²) in [5.41, 5.74) is -0.562. The van der Waals surface area contributed by atoms with E-state index < -0.39 is 23.7 Å². The zero-order chi connectivity index (χ0) is 17.4. The van der Waals surface area contributed by atoms with Crippen LogP contribution in [-0.2, 0) is 0 Å². The normalized spacial score (nSPS) is 23.4. The molecular weight excluding hydrogens is 313 g/mol. The maximum Gasteiger partial charge on any atom is 0.408 e. The van der Waals surface area contributed by atoms with Gasteiger partial charge in [0.25, 0.3) is 0 Å². The third-order valence-electron chi connectivity index (χ3n) is 4.03. The Labute approximate surface area is 133 Å². The molecule has 4 amide bonds. The highest BCUT2D eigenvalue weighted by molar-refractivity contribution is 5.79. The quantitative estimate of drug-likeness (QED) is 0.807. The molecule has 2 unspecified atom stereocenters. The number of alkyl halides is 3. The first-order chi connectivity index (χ1) is 10.5. The van der Waals surface area contributed by atoms with Crippen LogP contribution < -0.4 is 10.6 Å². The second-order valence-corrected chi connectivity index (χ2v) is 7.29. The molecule has 0 aromatic heterocycles. The van der Waals surface area contributed by atoms with Crippen LogP contribution in [-0.4, -0.2) is 66.3 Å². The molecule has 2 rings (SSSR count). The van der Waals surface area contributed by atoms with Crippen molar-refractivity contribution in [3.63, 3.8) is 0 Å². The van der Waals surface area contributed by atoms with Crippen LogP contribution in [0.3, 0.4) is 0 Å². The van der Waals surface area contributed by atoms with Crippen molar-refractivity contribution in [2.75, 3.05) is 26.2 Å². The summed E-state index contributed by atoms with van der Waals surface area (Å²) in [4.78, 5) is 26.7. The standard InChI is InChI=1S/C14H23F3N4O2/c1-13(2,3)6-10(14(15,16)17)19-12(23)20-4-5-21-9(8-20)7-18-11(21)22/h9-10H,4-8H2,1-3H3,(H,18,22)(H,19,23). The lowest BCUT2D eigenvalue weighted by Crippen LogP contribution is -2.58. The molecule has 2 fully saturated rings. The van der Waals surface area contributed by atoms with Crippen molar-refractivity contribution < 1.29 is 22.8 Å². The fraction of sp³-hybridized carbons (Fsp3) is 0.857. The molecule has 0 spiro atoms. The second-order valence-electron chi connectivity index (χ2n) is 7.29. The minimum absolute atomic E-state index is 0.172. The number of amides is 4. The Morgan fingerprint density at radius 3 is 2.57 bits per heavy atom. The van der Waals surface area contributed by atoms with E-state index in [4.69, 9.17) is 0 Å². The van der Waals surface area contributed by atoms with Crippen LogP contribution in [0.25, 0.3) is 0 Å². The average Bonchev–Trinajstić information content (AvgIpc) is 2.76. The molecular formula is C14H23F3N4O2. The monoisotopic (exact) mass is 336 g/mol. The molecule has 2 saturated heterocycles. The Kier molecular flexibility index (Phi) is 4.68. The van der Waals surface area contributed by atoms with Gasteiger partial charge < -0.3 is 20.4 Å². The predicted octanol–water partition coefficient (Wildman–Crippen LogP) is 1.77. The number of urea groups is 2. The number of nitrogens with zero attached hydrogens (tertiary/aromatic N) is 2. The molecule has 9 heteroatoms. The van der Waals surface area contributed by atoms with Gasteiger partial charge in [-0.25, -0.2) is 9.59 Å². The molecule has 0 aliphatic carbocycles. The molecule has 0 saturated carbocycles. The van der Waals surface area contributed by atoms with Gasteiger partial charge in [0.15, 0.2) is 0 Å². The molecule has 132 valence electrons. The molecule has 2 atom stereocenters. The number of piperazine rings is 1. The molecule has 0 aromatic carbocycles. The van der Waals surface area contributed by atoms with Gasteiger partial charge in [0, 0.05) is 26.2 Å². The van der Waals surface area contributed by atoms with Gasteiger partial charge in [0.05, 0.1) is 6.04 Å². The van der Waals surface area contributed by atoms with E-state index in [1.807, 2.05) is 0 Å². The van der Waals surface area contributed by atoms with Gasteiger partial charge in [-0.05, 0) is 11.8 Å². The Balaban J connectivity index is 1.98. The summed E-state index contributed by atoms with van der Waals surface area (Å²) >= 11 is 0. The summed E-state index contributed by atoms with van der Waals surface area (Å²) < 4.78 is 39.4. The van der Waals surface area contributed by atoms with Crippen LogP contribution in [0.15, 0.2) is 0 Å². The zero-order valence-corrected chi connectivity index (χ0v) is 13.5. The molecule has 0 bridgehead atoms.